The number of carbonyl (C=O) groups is 2. The Kier molecular flexibility index (Phi) is 6.70. The topological polar surface area (TPSA) is 59.1 Å². The number of hydrogen-bond donors (Lipinski definition) is 0. The number of rotatable bonds is 8. The Labute approximate surface area is 156 Å². The summed E-state index contributed by atoms with van der Waals surface area (Å²) in [7, 11) is 2.06. The Morgan fingerprint density at radius 2 is 1.65 bits per heavy atom. The normalized spacial score (nSPS) is 30.8. The van der Waals surface area contributed by atoms with Gasteiger partial charge in [-0.05, 0) is 13.5 Å². The number of unbranched alkanes of at least 4 members (excludes halogenated alkanes) is 4. The van der Waals surface area contributed by atoms with Crippen LogP contribution in [0.25, 0.3) is 0 Å². The Morgan fingerprint density at radius 3 is 2.35 bits per heavy atom. The minimum Gasteiger partial charge on any atom is -0.465 e. The molecule has 0 aromatic carbocycles. The summed E-state index contributed by atoms with van der Waals surface area (Å²) >= 11 is 0. The lowest BCUT2D eigenvalue weighted by Crippen LogP contribution is -2.52. The van der Waals surface area contributed by atoms with Crippen LogP contribution in [-0.2, 0) is 19.1 Å². The molecular formula is C20H32N2O4. The molecule has 2 bridgehead atoms. The van der Waals surface area contributed by atoms with E-state index in [1.165, 1.54) is 19.3 Å². The van der Waals surface area contributed by atoms with Crippen LogP contribution in [0.4, 0.5) is 0 Å². The number of esters is 1. The van der Waals surface area contributed by atoms with Gasteiger partial charge in [0.1, 0.15) is 5.92 Å². The number of fused-ring (bicyclic) bond motifs is 2. The first-order valence-electron chi connectivity index (χ1n) is 10.1. The van der Waals surface area contributed by atoms with E-state index in [0.29, 0.717) is 19.7 Å². The summed E-state index contributed by atoms with van der Waals surface area (Å²) in [5.41, 5.74) is 0. The number of hydrogen-bond acceptors (Lipinski definition) is 5. The van der Waals surface area contributed by atoms with Gasteiger partial charge in [0.2, 0.25) is 5.91 Å². The summed E-state index contributed by atoms with van der Waals surface area (Å²) in [5, 5.41) is 0. The maximum atomic E-state index is 13.0. The minimum absolute atomic E-state index is 0.0415. The zero-order valence-electron chi connectivity index (χ0n) is 16.1. The second-order valence-corrected chi connectivity index (χ2v) is 7.71. The van der Waals surface area contributed by atoms with E-state index in [1.807, 2.05) is 17.1 Å². The Morgan fingerprint density at radius 1 is 1.00 bits per heavy atom. The number of amides is 1. The molecule has 146 valence electrons. The molecule has 0 saturated carbocycles. The molecule has 6 heteroatoms. The lowest BCUT2D eigenvalue weighted by Gasteiger charge is -2.35. The summed E-state index contributed by atoms with van der Waals surface area (Å²) < 4.78 is 11.4. The van der Waals surface area contributed by atoms with Crippen LogP contribution < -0.4 is 0 Å². The van der Waals surface area contributed by atoms with Crippen molar-refractivity contribution in [2.75, 3.05) is 39.8 Å². The van der Waals surface area contributed by atoms with Crippen LogP contribution >= 0.6 is 0 Å². The average molecular weight is 364 g/mol. The van der Waals surface area contributed by atoms with Gasteiger partial charge < -0.3 is 19.3 Å². The van der Waals surface area contributed by atoms with Gasteiger partial charge in [0, 0.05) is 26.2 Å². The van der Waals surface area contributed by atoms with Gasteiger partial charge in [-0.25, -0.2) is 0 Å². The molecule has 0 spiro atoms. The fourth-order valence-electron chi connectivity index (χ4n) is 4.10. The second-order valence-electron chi connectivity index (χ2n) is 7.71. The van der Waals surface area contributed by atoms with E-state index in [2.05, 4.69) is 18.9 Å². The van der Waals surface area contributed by atoms with E-state index < -0.39 is 11.8 Å². The predicted octanol–water partition coefficient (Wildman–Crippen LogP) is 1.84. The minimum atomic E-state index is -0.493. The molecule has 0 aromatic heterocycles. The number of carbonyl (C=O) groups excluding carboxylic acids is 2. The Bertz CT molecular complexity index is 528. The first-order valence-corrected chi connectivity index (χ1v) is 10.1. The van der Waals surface area contributed by atoms with Crippen molar-refractivity contribution in [1.82, 2.24) is 9.80 Å². The third kappa shape index (κ3) is 4.29. The molecule has 4 unspecified atom stereocenters. The van der Waals surface area contributed by atoms with Crippen LogP contribution in [-0.4, -0.2) is 73.7 Å². The number of nitrogens with zero attached hydrogens (tertiary/aromatic N) is 2. The molecule has 3 heterocycles. The van der Waals surface area contributed by atoms with E-state index in [0.717, 1.165) is 25.9 Å². The summed E-state index contributed by atoms with van der Waals surface area (Å²) in [4.78, 5) is 29.8. The number of likely N-dealkylation sites (N-methyl/N-ethyl adjacent to an activating group) is 1. The molecule has 1 amide bonds. The molecule has 2 fully saturated rings. The van der Waals surface area contributed by atoms with E-state index in [-0.39, 0.29) is 24.1 Å². The summed E-state index contributed by atoms with van der Waals surface area (Å²) in [5.74, 6) is -1.15. The fourth-order valence-corrected chi connectivity index (χ4v) is 4.10. The predicted molar refractivity (Wildman–Crippen MR) is 98.6 cm³/mol. The summed E-state index contributed by atoms with van der Waals surface area (Å²) in [6, 6.07) is 0. The van der Waals surface area contributed by atoms with Crippen molar-refractivity contribution in [3.05, 3.63) is 12.2 Å². The van der Waals surface area contributed by atoms with E-state index >= 15 is 0 Å². The largest absolute Gasteiger partial charge is 0.465 e. The summed E-state index contributed by atoms with van der Waals surface area (Å²) in [6.45, 7) is 5.79. The highest BCUT2D eigenvalue weighted by molar-refractivity contribution is 5.88. The van der Waals surface area contributed by atoms with Gasteiger partial charge in [0.25, 0.3) is 0 Å². The van der Waals surface area contributed by atoms with Gasteiger partial charge in [0.15, 0.2) is 0 Å². The van der Waals surface area contributed by atoms with Crippen molar-refractivity contribution in [3.8, 4) is 0 Å². The summed E-state index contributed by atoms with van der Waals surface area (Å²) in [6.07, 6.45) is 8.81. The molecule has 2 saturated heterocycles. The molecule has 26 heavy (non-hydrogen) atoms. The highest BCUT2D eigenvalue weighted by Crippen LogP contribution is 2.41. The second kappa shape index (κ2) is 9.00. The SMILES string of the molecule is CCCCCCCOC(=O)C1C2C=CC(O2)C1C(=O)N1CCN(C)CC1. The molecule has 3 rings (SSSR count). The zero-order chi connectivity index (χ0) is 18.5. The molecular weight excluding hydrogens is 332 g/mol. The van der Waals surface area contributed by atoms with Gasteiger partial charge in [-0.2, -0.15) is 0 Å². The molecule has 0 N–H and O–H groups in total. The Balaban J connectivity index is 1.54. The van der Waals surface area contributed by atoms with Crippen molar-refractivity contribution in [3.63, 3.8) is 0 Å². The van der Waals surface area contributed by atoms with Crippen LogP contribution in [0.3, 0.4) is 0 Å². The first-order chi connectivity index (χ1) is 12.6. The van der Waals surface area contributed by atoms with E-state index in [9.17, 15) is 9.59 Å². The molecule has 4 atom stereocenters. The van der Waals surface area contributed by atoms with Crippen LogP contribution in [0.1, 0.15) is 39.0 Å². The first kappa shape index (κ1) is 19.4. The maximum Gasteiger partial charge on any atom is 0.312 e. The third-order valence-electron chi connectivity index (χ3n) is 5.76. The average Bonchev–Trinajstić information content (AvgIpc) is 3.26. The molecule has 0 aliphatic carbocycles. The van der Waals surface area contributed by atoms with Gasteiger partial charge in [-0.1, -0.05) is 44.8 Å². The smallest absolute Gasteiger partial charge is 0.312 e. The Hall–Kier alpha value is -1.40. The van der Waals surface area contributed by atoms with Crippen LogP contribution in [0, 0.1) is 11.8 Å². The maximum absolute atomic E-state index is 13.0. The zero-order valence-corrected chi connectivity index (χ0v) is 16.1. The lowest BCUT2D eigenvalue weighted by molar-refractivity contribution is -0.155. The van der Waals surface area contributed by atoms with Gasteiger partial charge in [-0.3, -0.25) is 9.59 Å². The van der Waals surface area contributed by atoms with E-state index in [4.69, 9.17) is 9.47 Å². The molecule has 6 nitrogen and oxygen atoms in total. The van der Waals surface area contributed by atoms with Crippen molar-refractivity contribution in [2.24, 2.45) is 11.8 Å². The quantitative estimate of drug-likeness (QED) is 0.374. The van der Waals surface area contributed by atoms with Gasteiger partial charge >= 0.3 is 5.97 Å². The number of piperazine rings is 1. The lowest BCUT2D eigenvalue weighted by atomic mass is 9.82. The van der Waals surface area contributed by atoms with E-state index in [1.54, 1.807) is 0 Å². The highest BCUT2D eigenvalue weighted by atomic mass is 16.5. The van der Waals surface area contributed by atoms with Crippen molar-refractivity contribution in [1.29, 1.82) is 0 Å². The van der Waals surface area contributed by atoms with Gasteiger partial charge in [-0.15, -0.1) is 0 Å². The standard InChI is InChI=1S/C20H32N2O4/c1-3-4-5-6-7-14-25-20(24)18-16-9-8-15(26-16)17(18)19(23)22-12-10-21(2)11-13-22/h8-9,15-18H,3-7,10-14H2,1-2H3. The fraction of sp³-hybridized carbons (Fsp3) is 0.800. The van der Waals surface area contributed by atoms with Crippen LogP contribution in [0.5, 0.6) is 0 Å². The highest BCUT2D eigenvalue weighted by Gasteiger charge is 2.54. The van der Waals surface area contributed by atoms with Crippen LogP contribution in [0.15, 0.2) is 12.2 Å². The molecule has 0 aromatic rings. The third-order valence-corrected chi connectivity index (χ3v) is 5.76. The molecule has 3 aliphatic heterocycles. The number of ether oxygens (including phenoxy) is 2. The van der Waals surface area contributed by atoms with Crippen molar-refractivity contribution in [2.45, 2.75) is 51.2 Å². The van der Waals surface area contributed by atoms with Gasteiger partial charge in [0.05, 0.1) is 24.7 Å². The molecule has 0 radical (unpaired) electrons. The van der Waals surface area contributed by atoms with Crippen molar-refractivity contribution < 1.29 is 19.1 Å². The monoisotopic (exact) mass is 364 g/mol. The van der Waals surface area contributed by atoms with Crippen LogP contribution in [0.2, 0.25) is 0 Å². The van der Waals surface area contributed by atoms with Crippen molar-refractivity contribution >= 4 is 11.9 Å². The molecule has 3 aliphatic rings.